The number of hydrogen-bond acceptors (Lipinski definition) is 5. The quantitative estimate of drug-likeness (QED) is 0.496. The van der Waals surface area contributed by atoms with E-state index < -0.39 is 28.7 Å². The van der Waals surface area contributed by atoms with E-state index in [1.165, 1.54) is 0 Å². The summed E-state index contributed by atoms with van der Waals surface area (Å²) in [6.45, 7) is 5.98. The van der Waals surface area contributed by atoms with Crippen LogP contribution >= 0.6 is 11.8 Å². The molecule has 2 aromatic rings. The predicted molar refractivity (Wildman–Crippen MR) is 143 cm³/mol. The molecule has 7 nitrogen and oxygen atoms in total. The lowest BCUT2D eigenvalue weighted by Crippen LogP contribution is -2.58. The molecule has 5 rings (SSSR count). The second kappa shape index (κ2) is 10.1. The van der Waals surface area contributed by atoms with Crippen molar-refractivity contribution in [3.05, 3.63) is 71.8 Å². The molecule has 3 amide bonds. The molecule has 3 saturated heterocycles. The molecule has 3 N–H and O–H groups in total. The minimum absolute atomic E-state index is 0.0273. The fourth-order valence-electron chi connectivity index (χ4n) is 6.69. The molecule has 196 valence electrons. The molecular weight excluding hydrogens is 486 g/mol. The summed E-state index contributed by atoms with van der Waals surface area (Å²) in [6.07, 6.45) is 0.770. The number of benzene rings is 2. The number of aliphatic hydroxyl groups is 1. The zero-order chi connectivity index (χ0) is 26.3. The number of likely N-dealkylation sites (tertiary alicyclic amines) is 1. The summed E-state index contributed by atoms with van der Waals surface area (Å²) in [5, 5.41) is 16.6. The van der Waals surface area contributed by atoms with Gasteiger partial charge in [0.2, 0.25) is 17.7 Å². The standard InChI is InChI=1S/C29H35N3O4S/c1-17(2)31-27(35)25-29-18(3)14-22(37-29)23(26(34)30-15-19-10-6-4-7-11-19)24(29)28(36)32(25)21(16-33)20-12-8-5-9-13-20/h4-13,17-18,21-25,33H,14-16H2,1-3H3,(H,30,34)(H,31,35)/t18?,21-,22+,23-,24+,25?,29?/m1/s1. The first-order chi connectivity index (χ1) is 17.8. The molecule has 0 aromatic heterocycles. The summed E-state index contributed by atoms with van der Waals surface area (Å²) in [4.78, 5) is 43.4. The number of hydrogen-bond donors (Lipinski definition) is 3. The van der Waals surface area contributed by atoms with Gasteiger partial charge in [-0.05, 0) is 37.3 Å². The van der Waals surface area contributed by atoms with E-state index in [1.807, 2.05) is 74.5 Å². The molecule has 3 aliphatic rings. The van der Waals surface area contributed by atoms with Gasteiger partial charge < -0.3 is 20.6 Å². The highest BCUT2D eigenvalue weighted by Crippen LogP contribution is 2.69. The summed E-state index contributed by atoms with van der Waals surface area (Å²) >= 11 is 1.64. The Morgan fingerprint density at radius 3 is 2.35 bits per heavy atom. The lowest BCUT2D eigenvalue weighted by Gasteiger charge is -2.40. The number of carbonyl (C=O) groups is 3. The number of amides is 3. The summed E-state index contributed by atoms with van der Waals surface area (Å²) < 4.78 is -0.725. The molecule has 37 heavy (non-hydrogen) atoms. The van der Waals surface area contributed by atoms with Crippen LogP contribution in [0.15, 0.2) is 60.7 Å². The van der Waals surface area contributed by atoms with Gasteiger partial charge in [-0.3, -0.25) is 14.4 Å². The summed E-state index contributed by atoms with van der Waals surface area (Å²) in [5.41, 5.74) is 1.77. The zero-order valence-corrected chi connectivity index (χ0v) is 22.3. The second-order valence-electron chi connectivity index (χ2n) is 10.8. The first kappa shape index (κ1) is 25.8. The number of nitrogens with one attached hydrogen (secondary N) is 2. The van der Waals surface area contributed by atoms with E-state index in [0.717, 1.165) is 17.5 Å². The Hall–Kier alpha value is -2.84. The maximum atomic E-state index is 14.3. The van der Waals surface area contributed by atoms with Crippen molar-refractivity contribution in [3.8, 4) is 0 Å². The van der Waals surface area contributed by atoms with Crippen LogP contribution in [0.1, 0.15) is 44.4 Å². The van der Waals surface area contributed by atoms with Crippen molar-refractivity contribution in [3.63, 3.8) is 0 Å². The van der Waals surface area contributed by atoms with Crippen LogP contribution in [0, 0.1) is 17.8 Å². The molecule has 2 aromatic carbocycles. The van der Waals surface area contributed by atoms with E-state index >= 15 is 0 Å². The third-order valence-corrected chi connectivity index (χ3v) is 10.2. The topological polar surface area (TPSA) is 98.7 Å². The third-order valence-electron chi connectivity index (χ3n) is 8.17. The predicted octanol–water partition coefficient (Wildman–Crippen LogP) is 2.90. The minimum atomic E-state index is -0.776. The van der Waals surface area contributed by atoms with Crippen LogP contribution in [0.2, 0.25) is 0 Å². The zero-order valence-electron chi connectivity index (χ0n) is 21.5. The van der Waals surface area contributed by atoms with Crippen LogP contribution in [0.3, 0.4) is 0 Å². The van der Waals surface area contributed by atoms with Crippen molar-refractivity contribution in [2.24, 2.45) is 17.8 Å². The number of rotatable bonds is 8. The number of thioether (sulfide) groups is 1. The monoisotopic (exact) mass is 521 g/mol. The number of fused-ring (bicyclic) bond motifs is 1. The average molecular weight is 522 g/mol. The van der Waals surface area contributed by atoms with Gasteiger partial charge in [0.25, 0.3) is 0 Å². The van der Waals surface area contributed by atoms with Crippen molar-refractivity contribution in [2.75, 3.05) is 6.61 Å². The molecule has 1 spiro atoms. The molecule has 3 aliphatic heterocycles. The van der Waals surface area contributed by atoms with Crippen molar-refractivity contribution in [1.82, 2.24) is 15.5 Å². The molecular formula is C29H35N3O4S. The summed E-state index contributed by atoms with van der Waals surface area (Å²) in [5.74, 6) is -1.65. The van der Waals surface area contributed by atoms with E-state index in [9.17, 15) is 19.5 Å². The fourth-order valence-corrected chi connectivity index (χ4v) is 9.10. The molecule has 0 saturated carbocycles. The van der Waals surface area contributed by atoms with Crippen LogP contribution in [-0.4, -0.2) is 56.4 Å². The Morgan fingerprint density at radius 1 is 1.08 bits per heavy atom. The largest absolute Gasteiger partial charge is 0.394 e. The van der Waals surface area contributed by atoms with Crippen LogP contribution in [0.4, 0.5) is 0 Å². The minimum Gasteiger partial charge on any atom is -0.394 e. The van der Waals surface area contributed by atoms with Crippen LogP contribution < -0.4 is 10.6 Å². The number of carbonyl (C=O) groups excluding carboxylic acids is 3. The van der Waals surface area contributed by atoms with Gasteiger partial charge in [-0.25, -0.2) is 0 Å². The van der Waals surface area contributed by atoms with Crippen LogP contribution in [0.5, 0.6) is 0 Å². The normalized spacial score (nSPS) is 30.9. The summed E-state index contributed by atoms with van der Waals surface area (Å²) in [7, 11) is 0. The Balaban J connectivity index is 1.53. The Bertz CT molecular complexity index is 1160. The van der Waals surface area contributed by atoms with Crippen molar-refractivity contribution in [2.45, 2.75) is 61.9 Å². The first-order valence-corrected chi connectivity index (χ1v) is 13.9. The van der Waals surface area contributed by atoms with Crippen molar-refractivity contribution >= 4 is 29.5 Å². The molecule has 3 heterocycles. The van der Waals surface area contributed by atoms with Crippen molar-refractivity contribution < 1.29 is 19.5 Å². The Labute approximate surface area is 222 Å². The Kier molecular flexibility index (Phi) is 7.07. The molecule has 3 fully saturated rings. The van der Waals surface area contributed by atoms with Crippen LogP contribution in [-0.2, 0) is 20.9 Å². The summed E-state index contributed by atoms with van der Waals surface area (Å²) in [6, 6.07) is 17.5. The highest BCUT2D eigenvalue weighted by molar-refractivity contribution is 8.02. The lowest BCUT2D eigenvalue weighted by atomic mass is 9.66. The van der Waals surface area contributed by atoms with Gasteiger partial charge in [-0.2, -0.15) is 0 Å². The maximum Gasteiger partial charge on any atom is 0.244 e. The van der Waals surface area contributed by atoms with Crippen LogP contribution in [0.25, 0.3) is 0 Å². The molecule has 0 aliphatic carbocycles. The average Bonchev–Trinajstić information content (AvgIpc) is 3.48. The molecule has 2 bridgehead atoms. The number of aliphatic hydroxyl groups excluding tert-OH is 1. The SMILES string of the molecule is CC(C)NC(=O)C1N([C@H](CO)c2ccccc2)C(=O)[C@@H]2[C@H](C(=O)NCc3ccccc3)[C@@H]3CC(C)C12S3. The van der Waals surface area contributed by atoms with E-state index in [4.69, 9.17) is 0 Å². The van der Waals surface area contributed by atoms with E-state index in [2.05, 4.69) is 17.6 Å². The smallest absolute Gasteiger partial charge is 0.244 e. The third kappa shape index (κ3) is 4.24. The highest BCUT2D eigenvalue weighted by atomic mass is 32.2. The van der Waals surface area contributed by atoms with E-state index in [0.29, 0.717) is 6.54 Å². The molecule has 8 heteroatoms. The van der Waals surface area contributed by atoms with Gasteiger partial charge in [0, 0.05) is 17.8 Å². The molecule has 0 radical (unpaired) electrons. The second-order valence-corrected chi connectivity index (χ2v) is 12.3. The van der Waals surface area contributed by atoms with Gasteiger partial charge in [0.1, 0.15) is 6.04 Å². The van der Waals surface area contributed by atoms with Crippen molar-refractivity contribution in [1.29, 1.82) is 0 Å². The number of nitrogens with zero attached hydrogens (tertiary/aromatic N) is 1. The highest BCUT2D eigenvalue weighted by Gasteiger charge is 2.76. The lowest BCUT2D eigenvalue weighted by molar-refractivity contribution is -0.143. The fraction of sp³-hybridized carbons (Fsp3) is 0.483. The Morgan fingerprint density at radius 2 is 1.73 bits per heavy atom. The van der Waals surface area contributed by atoms with E-state index in [-0.39, 0.29) is 41.5 Å². The first-order valence-electron chi connectivity index (χ1n) is 13.1. The van der Waals surface area contributed by atoms with Gasteiger partial charge in [-0.15, -0.1) is 11.8 Å². The van der Waals surface area contributed by atoms with Gasteiger partial charge in [-0.1, -0.05) is 67.6 Å². The molecule has 7 atom stereocenters. The molecule has 3 unspecified atom stereocenters. The van der Waals surface area contributed by atoms with Gasteiger partial charge >= 0.3 is 0 Å². The van der Waals surface area contributed by atoms with E-state index in [1.54, 1.807) is 16.7 Å². The van der Waals surface area contributed by atoms with Gasteiger partial charge in [0.15, 0.2) is 0 Å². The maximum absolute atomic E-state index is 14.3. The van der Waals surface area contributed by atoms with Gasteiger partial charge in [0.05, 0.1) is 29.2 Å².